The van der Waals surface area contributed by atoms with Crippen molar-refractivity contribution >= 4 is 17.6 Å². The highest BCUT2D eigenvalue weighted by Crippen LogP contribution is 2.38. The highest BCUT2D eigenvalue weighted by atomic mass is 16.4. The first kappa shape index (κ1) is 19.0. The zero-order valence-electron chi connectivity index (χ0n) is 15.6. The topological polar surface area (TPSA) is 92.2 Å². The van der Waals surface area contributed by atoms with Gasteiger partial charge in [-0.25, -0.2) is 9.97 Å². The number of rotatable bonds is 5. The molecule has 6 nitrogen and oxygen atoms in total. The molecular formula is C21H25N3O3. The van der Waals surface area contributed by atoms with Gasteiger partial charge in [0.25, 0.3) is 0 Å². The number of carboxylic acid groups (broad SMARTS) is 1. The predicted molar refractivity (Wildman–Crippen MR) is 103 cm³/mol. The molecule has 0 atom stereocenters. The zero-order valence-corrected chi connectivity index (χ0v) is 15.6. The van der Waals surface area contributed by atoms with E-state index in [0.717, 1.165) is 36.9 Å². The minimum absolute atomic E-state index is 0.0189. The van der Waals surface area contributed by atoms with Gasteiger partial charge in [-0.3, -0.25) is 9.59 Å². The Morgan fingerprint density at radius 2 is 1.74 bits per heavy atom. The van der Waals surface area contributed by atoms with Gasteiger partial charge in [-0.05, 0) is 50.1 Å². The van der Waals surface area contributed by atoms with Gasteiger partial charge in [0.05, 0.1) is 5.41 Å². The van der Waals surface area contributed by atoms with E-state index in [-0.39, 0.29) is 12.3 Å². The number of anilines is 1. The van der Waals surface area contributed by atoms with Crippen molar-refractivity contribution in [1.82, 2.24) is 9.97 Å². The largest absolute Gasteiger partial charge is 0.481 e. The van der Waals surface area contributed by atoms with Crippen LogP contribution in [0.2, 0.25) is 0 Å². The highest BCUT2D eigenvalue weighted by molar-refractivity contribution is 5.94. The molecule has 1 heterocycles. The lowest BCUT2D eigenvalue weighted by atomic mass is 9.77. The van der Waals surface area contributed by atoms with Crippen molar-refractivity contribution in [2.45, 2.75) is 51.9 Å². The Bertz CT molecular complexity index is 810. The number of hydrogen-bond acceptors (Lipinski definition) is 4. The number of nitrogens with zero attached hydrogens (tertiary/aromatic N) is 2. The molecule has 0 radical (unpaired) electrons. The molecule has 0 spiro atoms. The average molecular weight is 367 g/mol. The third-order valence-corrected chi connectivity index (χ3v) is 5.23. The fourth-order valence-electron chi connectivity index (χ4n) is 3.67. The minimum Gasteiger partial charge on any atom is -0.481 e. The fourth-order valence-corrected chi connectivity index (χ4v) is 3.67. The Hall–Kier alpha value is -2.76. The fraction of sp³-hybridized carbons (Fsp3) is 0.429. The molecule has 2 N–H and O–H groups in total. The van der Waals surface area contributed by atoms with E-state index in [2.05, 4.69) is 15.3 Å². The second-order valence-electron chi connectivity index (χ2n) is 7.32. The van der Waals surface area contributed by atoms with Crippen molar-refractivity contribution in [2.24, 2.45) is 5.41 Å². The molecule has 0 aliphatic heterocycles. The quantitative estimate of drug-likeness (QED) is 0.773. The molecule has 1 aliphatic carbocycles. The van der Waals surface area contributed by atoms with Gasteiger partial charge < -0.3 is 10.4 Å². The van der Waals surface area contributed by atoms with Crippen LogP contribution in [-0.2, 0) is 9.59 Å². The molecule has 1 aliphatic rings. The number of carboxylic acids is 1. The SMILES string of the molecule is Cc1ccnc(-c2ccc(NC(=O)CC3(C(=O)O)CCCCCC3)cc2)n1. The summed E-state index contributed by atoms with van der Waals surface area (Å²) in [5, 5.41) is 12.6. The first-order chi connectivity index (χ1) is 13.0. The predicted octanol–water partition coefficient (Wildman–Crippen LogP) is 4.21. The van der Waals surface area contributed by atoms with Crippen molar-refractivity contribution in [2.75, 3.05) is 5.32 Å². The molecule has 1 fully saturated rings. The van der Waals surface area contributed by atoms with Gasteiger partial charge in [0, 0.05) is 29.6 Å². The molecule has 1 amide bonds. The Morgan fingerprint density at radius 3 is 2.33 bits per heavy atom. The molecule has 142 valence electrons. The average Bonchev–Trinajstić information content (AvgIpc) is 2.89. The summed E-state index contributed by atoms with van der Waals surface area (Å²) in [6.45, 7) is 1.91. The zero-order chi connectivity index (χ0) is 19.3. The van der Waals surface area contributed by atoms with E-state index in [1.807, 2.05) is 25.1 Å². The number of carbonyl (C=O) groups excluding carboxylic acids is 1. The van der Waals surface area contributed by atoms with Crippen LogP contribution >= 0.6 is 0 Å². The van der Waals surface area contributed by atoms with Crippen molar-refractivity contribution in [3.05, 3.63) is 42.2 Å². The summed E-state index contributed by atoms with van der Waals surface area (Å²) in [5.41, 5.74) is 1.46. The van der Waals surface area contributed by atoms with Crippen LogP contribution in [0.15, 0.2) is 36.5 Å². The number of aliphatic carboxylic acids is 1. The molecule has 1 aromatic heterocycles. The first-order valence-electron chi connectivity index (χ1n) is 9.42. The second kappa shape index (κ2) is 8.29. The molecule has 2 aromatic rings. The van der Waals surface area contributed by atoms with Gasteiger partial charge in [0.1, 0.15) is 0 Å². The molecule has 27 heavy (non-hydrogen) atoms. The van der Waals surface area contributed by atoms with Gasteiger partial charge in [-0.1, -0.05) is 25.7 Å². The van der Waals surface area contributed by atoms with Gasteiger partial charge >= 0.3 is 5.97 Å². The monoisotopic (exact) mass is 367 g/mol. The number of aromatic nitrogens is 2. The van der Waals surface area contributed by atoms with Crippen molar-refractivity contribution < 1.29 is 14.7 Å². The summed E-state index contributed by atoms with van der Waals surface area (Å²) in [5.74, 6) is -0.471. The number of nitrogens with one attached hydrogen (secondary N) is 1. The summed E-state index contributed by atoms with van der Waals surface area (Å²) in [6, 6.07) is 9.12. The molecule has 0 unspecified atom stereocenters. The maximum absolute atomic E-state index is 12.5. The van der Waals surface area contributed by atoms with Crippen LogP contribution in [0.25, 0.3) is 11.4 Å². The van der Waals surface area contributed by atoms with Crippen LogP contribution in [0.1, 0.15) is 50.6 Å². The smallest absolute Gasteiger partial charge is 0.310 e. The van der Waals surface area contributed by atoms with E-state index in [0.29, 0.717) is 24.4 Å². The summed E-state index contributed by atoms with van der Waals surface area (Å²) in [4.78, 5) is 33.0. The Labute approximate surface area is 159 Å². The minimum atomic E-state index is -0.935. The highest BCUT2D eigenvalue weighted by Gasteiger charge is 2.40. The van der Waals surface area contributed by atoms with Crippen LogP contribution in [-0.4, -0.2) is 27.0 Å². The number of hydrogen-bond donors (Lipinski definition) is 2. The first-order valence-corrected chi connectivity index (χ1v) is 9.42. The van der Waals surface area contributed by atoms with E-state index in [1.165, 1.54) is 0 Å². The van der Waals surface area contributed by atoms with Gasteiger partial charge in [0.15, 0.2) is 5.82 Å². The lowest BCUT2D eigenvalue weighted by Crippen LogP contribution is -2.35. The van der Waals surface area contributed by atoms with Gasteiger partial charge in [0.2, 0.25) is 5.91 Å². The Morgan fingerprint density at radius 1 is 1.07 bits per heavy atom. The van der Waals surface area contributed by atoms with Crippen molar-refractivity contribution in [1.29, 1.82) is 0 Å². The normalized spacial score (nSPS) is 16.3. The van der Waals surface area contributed by atoms with Crippen LogP contribution in [0.4, 0.5) is 5.69 Å². The second-order valence-corrected chi connectivity index (χ2v) is 7.32. The summed E-state index contributed by atoms with van der Waals surface area (Å²) < 4.78 is 0. The van der Waals surface area contributed by atoms with Crippen LogP contribution in [0.5, 0.6) is 0 Å². The maximum atomic E-state index is 12.5. The number of carbonyl (C=O) groups is 2. The standard InChI is InChI=1S/C21H25N3O3/c1-15-10-13-22-19(23-15)16-6-8-17(9-7-16)24-18(25)14-21(20(26)27)11-4-2-3-5-12-21/h6-10,13H,2-5,11-12,14H2,1H3,(H,24,25)(H,26,27). The molecule has 1 saturated carbocycles. The van der Waals surface area contributed by atoms with E-state index < -0.39 is 11.4 Å². The van der Waals surface area contributed by atoms with Crippen LogP contribution in [0, 0.1) is 12.3 Å². The van der Waals surface area contributed by atoms with Crippen molar-refractivity contribution in [3.63, 3.8) is 0 Å². The molecule has 3 rings (SSSR count). The van der Waals surface area contributed by atoms with E-state index in [4.69, 9.17) is 0 Å². The van der Waals surface area contributed by atoms with E-state index in [9.17, 15) is 14.7 Å². The summed E-state index contributed by atoms with van der Waals surface area (Å²) >= 11 is 0. The molecule has 0 saturated heterocycles. The molecular weight excluding hydrogens is 342 g/mol. The third-order valence-electron chi connectivity index (χ3n) is 5.23. The Kier molecular flexibility index (Phi) is 5.84. The van der Waals surface area contributed by atoms with Gasteiger partial charge in [-0.2, -0.15) is 0 Å². The number of benzene rings is 1. The molecule has 1 aromatic carbocycles. The summed E-state index contributed by atoms with van der Waals surface area (Å²) in [6.07, 6.45) is 6.68. The number of amides is 1. The Balaban J connectivity index is 1.67. The van der Waals surface area contributed by atoms with Crippen molar-refractivity contribution in [3.8, 4) is 11.4 Å². The number of aryl methyl sites for hydroxylation is 1. The van der Waals surface area contributed by atoms with E-state index >= 15 is 0 Å². The van der Waals surface area contributed by atoms with Gasteiger partial charge in [-0.15, -0.1) is 0 Å². The lowest BCUT2D eigenvalue weighted by molar-refractivity contribution is -0.152. The third kappa shape index (κ3) is 4.70. The maximum Gasteiger partial charge on any atom is 0.310 e. The summed E-state index contributed by atoms with van der Waals surface area (Å²) in [7, 11) is 0. The lowest BCUT2D eigenvalue weighted by Gasteiger charge is -2.27. The van der Waals surface area contributed by atoms with E-state index in [1.54, 1.807) is 18.3 Å². The van der Waals surface area contributed by atoms with Crippen LogP contribution in [0.3, 0.4) is 0 Å². The molecule has 0 bridgehead atoms. The van der Waals surface area contributed by atoms with Crippen LogP contribution < -0.4 is 5.32 Å². The molecule has 6 heteroatoms.